The van der Waals surface area contributed by atoms with Crippen LogP contribution in [0, 0.1) is 0 Å². The SMILES string of the molecule is COc1cccc(C2CCCN2S(=O)(=O)c2ccc3c(c2)N(C)CC3)c1. The van der Waals surface area contributed by atoms with Crippen LogP contribution < -0.4 is 9.64 Å². The maximum absolute atomic E-state index is 13.4. The van der Waals surface area contributed by atoms with Crippen LogP contribution in [0.5, 0.6) is 5.75 Å². The van der Waals surface area contributed by atoms with Gasteiger partial charge in [-0.05, 0) is 54.7 Å². The second-order valence-corrected chi connectivity index (χ2v) is 8.90. The first-order chi connectivity index (χ1) is 12.5. The van der Waals surface area contributed by atoms with Crippen molar-refractivity contribution in [2.24, 2.45) is 0 Å². The van der Waals surface area contributed by atoms with Crippen LogP contribution >= 0.6 is 0 Å². The number of sulfonamides is 1. The van der Waals surface area contributed by atoms with Crippen LogP contribution in [0.25, 0.3) is 0 Å². The molecule has 138 valence electrons. The average Bonchev–Trinajstić information content (AvgIpc) is 3.29. The Kier molecular flexibility index (Phi) is 4.40. The average molecular weight is 372 g/mol. The fraction of sp³-hybridized carbons (Fsp3) is 0.400. The van der Waals surface area contributed by atoms with Gasteiger partial charge in [0.25, 0.3) is 0 Å². The second-order valence-electron chi connectivity index (χ2n) is 7.01. The van der Waals surface area contributed by atoms with Gasteiger partial charge in [-0.15, -0.1) is 0 Å². The van der Waals surface area contributed by atoms with E-state index in [0.29, 0.717) is 11.4 Å². The van der Waals surface area contributed by atoms with Crippen LogP contribution in [0.4, 0.5) is 5.69 Å². The molecule has 2 aliphatic heterocycles. The highest BCUT2D eigenvalue weighted by atomic mass is 32.2. The Labute approximate surface area is 155 Å². The third-order valence-electron chi connectivity index (χ3n) is 5.47. The van der Waals surface area contributed by atoms with E-state index in [1.54, 1.807) is 17.5 Å². The topological polar surface area (TPSA) is 49.9 Å². The third-order valence-corrected chi connectivity index (χ3v) is 7.38. The van der Waals surface area contributed by atoms with Crippen molar-refractivity contribution in [3.8, 4) is 5.75 Å². The number of hydrogen-bond acceptors (Lipinski definition) is 4. The van der Waals surface area contributed by atoms with E-state index in [-0.39, 0.29) is 6.04 Å². The first-order valence-electron chi connectivity index (χ1n) is 9.00. The Morgan fingerprint density at radius 3 is 2.77 bits per heavy atom. The zero-order valence-corrected chi connectivity index (χ0v) is 16.0. The highest BCUT2D eigenvalue weighted by molar-refractivity contribution is 7.89. The van der Waals surface area contributed by atoms with Gasteiger partial charge in [0, 0.05) is 25.8 Å². The van der Waals surface area contributed by atoms with E-state index >= 15 is 0 Å². The fourth-order valence-corrected chi connectivity index (χ4v) is 5.73. The predicted octanol–water partition coefficient (Wildman–Crippen LogP) is 3.21. The van der Waals surface area contributed by atoms with E-state index in [2.05, 4.69) is 4.90 Å². The molecule has 0 aromatic heterocycles. The maximum Gasteiger partial charge on any atom is 0.243 e. The lowest BCUT2D eigenvalue weighted by atomic mass is 10.1. The number of nitrogens with zero attached hydrogens (tertiary/aromatic N) is 2. The van der Waals surface area contributed by atoms with E-state index in [0.717, 1.165) is 42.8 Å². The van der Waals surface area contributed by atoms with Gasteiger partial charge in [-0.25, -0.2) is 8.42 Å². The quantitative estimate of drug-likeness (QED) is 0.827. The van der Waals surface area contributed by atoms with Crippen LogP contribution in [-0.2, 0) is 16.4 Å². The summed E-state index contributed by atoms with van der Waals surface area (Å²) in [7, 11) is 0.105. The highest BCUT2D eigenvalue weighted by Gasteiger charge is 2.36. The fourth-order valence-electron chi connectivity index (χ4n) is 4.02. The van der Waals surface area contributed by atoms with Crippen LogP contribution in [0.1, 0.15) is 30.0 Å². The summed E-state index contributed by atoms with van der Waals surface area (Å²) in [6.45, 7) is 1.49. The summed E-state index contributed by atoms with van der Waals surface area (Å²) in [5.41, 5.74) is 3.24. The molecule has 2 aromatic carbocycles. The molecule has 1 fully saturated rings. The molecule has 0 aliphatic carbocycles. The molecule has 1 atom stereocenters. The van der Waals surface area contributed by atoms with Crippen molar-refractivity contribution in [1.29, 1.82) is 0 Å². The van der Waals surface area contributed by atoms with E-state index in [4.69, 9.17) is 4.74 Å². The van der Waals surface area contributed by atoms with E-state index < -0.39 is 10.0 Å². The van der Waals surface area contributed by atoms with Crippen LogP contribution in [0.3, 0.4) is 0 Å². The predicted molar refractivity (Wildman–Crippen MR) is 102 cm³/mol. The summed E-state index contributed by atoms with van der Waals surface area (Å²) in [5, 5.41) is 0. The lowest BCUT2D eigenvalue weighted by molar-refractivity contribution is 0.390. The van der Waals surface area contributed by atoms with Crippen LogP contribution in [0.15, 0.2) is 47.4 Å². The Morgan fingerprint density at radius 1 is 1.12 bits per heavy atom. The Morgan fingerprint density at radius 2 is 1.96 bits per heavy atom. The number of benzene rings is 2. The monoisotopic (exact) mass is 372 g/mol. The van der Waals surface area contributed by atoms with Gasteiger partial charge < -0.3 is 9.64 Å². The molecule has 6 heteroatoms. The van der Waals surface area contributed by atoms with Gasteiger partial charge in [-0.2, -0.15) is 4.31 Å². The molecular weight excluding hydrogens is 348 g/mol. The van der Waals surface area contributed by atoms with Crippen molar-refractivity contribution in [2.75, 3.05) is 32.1 Å². The van der Waals surface area contributed by atoms with Gasteiger partial charge in [0.15, 0.2) is 0 Å². The summed E-state index contributed by atoms with van der Waals surface area (Å²) in [6, 6.07) is 13.1. The number of likely N-dealkylation sites (N-methyl/N-ethyl adjacent to an activating group) is 1. The Balaban J connectivity index is 1.70. The Hall–Kier alpha value is -2.05. The molecule has 0 bridgehead atoms. The lowest BCUT2D eigenvalue weighted by Crippen LogP contribution is -2.30. The number of rotatable bonds is 4. The second kappa shape index (κ2) is 6.59. The summed E-state index contributed by atoms with van der Waals surface area (Å²) < 4.78 is 33.7. The summed E-state index contributed by atoms with van der Waals surface area (Å²) in [4.78, 5) is 2.51. The van der Waals surface area contributed by atoms with Gasteiger partial charge in [0.05, 0.1) is 18.0 Å². The maximum atomic E-state index is 13.4. The molecule has 2 heterocycles. The summed E-state index contributed by atoms with van der Waals surface area (Å²) >= 11 is 0. The van der Waals surface area contributed by atoms with Crippen LogP contribution in [0.2, 0.25) is 0 Å². The first kappa shape index (κ1) is 17.4. The van der Waals surface area contributed by atoms with Crippen molar-refractivity contribution in [2.45, 2.75) is 30.2 Å². The zero-order valence-electron chi connectivity index (χ0n) is 15.2. The molecule has 26 heavy (non-hydrogen) atoms. The molecule has 5 nitrogen and oxygen atoms in total. The Bertz CT molecular complexity index is 926. The van der Waals surface area contributed by atoms with E-state index in [1.807, 2.05) is 43.4 Å². The van der Waals surface area contributed by atoms with Crippen molar-refractivity contribution in [3.63, 3.8) is 0 Å². The zero-order chi connectivity index (χ0) is 18.3. The van der Waals surface area contributed by atoms with Gasteiger partial charge in [0.2, 0.25) is 10.0 Å². The van der Waals surface area contributed by atoms with Crippen molar-refractivity contribution >= 4 is 15.7 Å². The lowest BCUT2D eigenvalue weighted by Gasteiger charge is -2.25. The molecule has 4 rings (SSSR count). The third kappa shape index (κ3) is 2.87. The minimum atomic E-state index is -3.53. The largest absolute Gasteiger partial charge is 0.497 e. The molecule has 2 aliphatic rings. The van der Waals surface area contributed by atoms with Crippen molar-refractivity contribution in [1.82, 2.24) is 4.31 Å². The standard InChI is InChI=1S/C20H24N2O3S/c1-21-12-10-15-8-9-18(14-20(15)21)26(23,24)22-11-4-7-19(22)16-5-3-6-17(13-16)25-2/h3,5-6,8-9,13-14,19H,4,7,10-12H2,1-2H3. The highest BCUT2D eigenvalue weighted by Crippen LogP contribution is 2.39. The molecule has 2 aromatic rings. The number of fused-ring (bicyclic) bond motifs is 1. The van der Waals surface area contributed by atoms with Gasteiger partial charge in [0.1, 0.15) is 5.75 Å². The molecule has 0 amide bonds. The molecule has 1 unspecified atom stereocenters. The number of ether oxygens (including phenoxy) is 1. The molecule has 0 radical (unpaired) electrons. The van der Waals surface area contributed by atoms with Crippen LogP contribution in [-0.4, -0.2) is 40.0 Å². The molecule has 0 N–H and O–H groups in total. The van der Waals surface area contributed by atoms with Crippen molar-refractivity contribution in [3.05, 3.63) is 53.6 Å². The smallest absolute Gasteiger partial charge is 0.243 e. The normalized spacial score (nSPS) is 20.4. The van der Waals surface area contributed by atoms with Crippen molar-refractivity contribution < 1.29 is 13.2 Å². The number of anilines is 1. The molecule has 0 saturated carbocycles. The molecule has 1 saturated heterocycles. The number of methoxy groups -OCH3 is 1. The van der Waals surface area contributed by atoms with E-state index in [9.17, 15) is 8.42 Å². The minimum absolute atomic E-state index is 0.138. The number of hydrogen-bond donors (Lipinski definition) is 0. The van der Waals surface area contributed by atoms with Gasteiger partial charge >= 0.3 is 0 Å². The summed E-state index contributed by atoms with van der Waals surface area (Å²) in [5.74, 6) is 0.755. The summed E-state index contributed by atoms with van der Waals surface area (Å²) in [6.07, 6.45) is 2.67. The molecular formula is C20H24N2O3S. The molecule has 0 spiro atoms. The van der Waals surface area contributed by atoms with Gasteiger partial charge in [-0.3, -0.25) is 0 Å². The first-order valence-corrected chi connectivity index (χ1v) is 10.4. The minimum Gasteiger partial charge on any atom is -0.497 e. The van der Waals surface area contributed by atoms with E-state index in [1.165, 1.54) is 5.56 Å². The van der Waals surface area contributed by atoms with Gasteiger partial charge in [-0.1, -0.05) is 18.2 Å².